The van der Waals surface area contributed by atoms with Crippen LogP contribution in [0.15, 0.2) is 0 Å². The lowest BCUT2D eigenvalue weighted by Gasteiger charge is -2.23. The highest BCUT2D eigenvalue weighted by Gasteiger charge is 2.15. The van der Waals surface area contributed by atoms with E-state index in [0.717, 1.165) is 19.4 Å². The Hall–Kier alpha value is -0.0800. The second-order valence-corrected chi connectivity index (χ2v) is 5.58. The lowest BCUT2D eigenvalue weighted by atomic mass is 9.87. The van der Waals surface area contributed by atoms with Crippen LogP contribution in [0, 0.1) is 5.41 Å². The third-order valence-electron chi connectivity index (χ3n) is 2.49. The van der Waals surface area contributed by atoms with Crippen LogP contribution in [0.2, 0.25) is 0 Å². The SMILES string of the molecule is CCC(C)NCCC(N)CC(C)(C)C. The topological polar surface area (TPSA) is 38.0 Å². The lowest BCUT2D eigenvalue weighted by molar-refractivity contribution is 0.326. The highest BCUT2D eigenvalue weighted by molar-refractivity contribution is 4.72. The normalized spacial score (nSPS) is 16.7. The molecule has 0 aliphatic heterocycles. The summed E-state index contributed by atoms with van der Waals surface area (Å²) >= 11 is 0. The van der Waals surface area contributed by atoms with E-state index in [1.807, 2.05) is 0 Å². The molecule has 0 aliphatic carbocycles. The van der Waals surface area contributed by atoms with Gasteiger partial charge in [0.05, 0.1) is 0 Å². The van der Waals surface area contributed by atoms with Crippen LogP contribution in [0.3, 0.4) is 0 Å². The van der Waals surface area contributed by atoms with Gasteiger partial charge in [-0.3, -0.25) is 0 Å². The summed E-state index contributed by atoms with van der Waals surface area (Å²) in [5.41, 5.74) is 6.40. The first-order valence-electron chi connectivity index (χ1n) is 5.84. The van der Waals surface area contributed by atoms with Crippen molar-refractivity contribution < 1.29 is 0 Å². The van der Waals surface area contributed by atoms with E-state index in [-0.39, 0.29) is 0 Å². The molecule has 2 atom stereocenters. The summed E-state index contributed by atoms with van der Waals surface area (Å²) < 4.78 is 0. The first-order valence-corrected chi connectivity index (χ1v) is 5.84. The van der Waals surface area contributed by atoms with E-state index in [9.17, 15) is 0 Å². The molecule has 0 rings (SSSR count). The zero-order valence-electron chi connectivity index (χ0n) is 10.6. The Labute approximate surface area is 89.6 Å². The quantitative estimate of drug-likeness (QED) is 0.691. The van der Waals surface area contributed by atoms with Crippen molar-refractivity contribution in [3.05, 3.63) is 0 Å². The number of nitrogens with one attached hydrogen (secondary N) is 1. The molecule has 2 heteroatoms. The molecule has 2 unspecified atom stereocenters. The molecule has 0 heterocycles. The first-order chi connectivity index (χ1) is 6.35. The predicted octanol–water partition coefficient (Wildman–Crippen LogP) is 2.53. The average molecular weight is 200 g/mol. The van der Waals surface area contributed by atoms with Crippen LogP contribution in [0.4, 0.5) is 0 Å². The van der Waals surface area contributed by atoms with Gasteiger partial charge in [0, 0.05) is 12.1 Å². The highest BCUT2D eigenvalue weighted by Crippen LogP contribution is 2.20. The monoisotopic (exact) mass is 200 g/mol. The molecule has 0 radical (unpaired) electrons. The van der Waals surface area contributed by atoms with Gasteiger partial charge in [0.15, 0.2) is 0 Å². The van der Waals surface area contributed by atoms with E-state index in [0.29, 0.717) is 17.5 Å². The third-order valence-corrected chi connectivity index (χ3v) is 2.49. The van der Waals surface area contributed by atoms with Gasteiger partial charge in [0.2, 0.25) is 0 Å². The molecule has 3 N–H and O–H groups in total. The molecular formula is C12H28N2. The van der Waals surface area contributed by atoms with Gasteiger partial charge >= 0.3 is 0 Å². The van der Waals surface area contributed by atoms with Crippen LogP contribution >= 0.6 is 0 Å². The van der Waals surface area contributed by atoms with E-state index in [2.05, 4.69) is 39.9 Å². The van der Waals surface area contributed by atoms with E-state index in [1.165, 1.54) is 6.42 Å². The average Bonchev–Trinajstić information content (AvgIpc) is 2.00. The fourth-order valence-corrected chi connectivity index (χ4v) is 1.55. The van der Waals surface area contributed by atoms with Crippen molar-refractivity contribution in [2.75, 3.05) is 6.54 Å². The Bertz CT molecular complexity index is 138. The molecule has 2 nitrogen and oxygen atoms in total. The van der Waals surface area contributed by atoms with Crippen molar-refractivity contribution in [2.24, 2.45) is 11.1 Å². The van der Waals surface area contributed by atoms with Crippen LogP contribution in [0.5, 0.6) is 0 Å². The van der Waals surface area contributed by atoms with Crippen molar-refractivity contribution >= 4 is 0 Å². The van der Waals surface area contributed by atoms with Gasteiger partial charge in [0.25, 0.3) is 0 Å². The van der Waals surface area contributed by atoms with Crippen molar-refractivity contribution in [3.8, 4) is 0 Å². The minimum Gasteiger partial charge on any atom is -0.328 e. The van der Waals surface area contributed by atoms with Crippen LogP contribution in [-0.2, 0) is 0 Å². The zero-order chi connectivity index (χ0) is 11.2. The standard InChI is InChI=1S/C12H28N2/c1-6-10(2)14-8-7-11(13)9-12(3,4)5/h10-11,14H,6-9,13H2,1-5H3. The fraction of sp³-hybridized carbons (Fsp3) is 1.00. The van der Waals surface area contributed by atoms with Crippen molar-refractivity contribution in [1.82, 2.24) is 5.32 Å². The summed E-state index contributed by atoms with van der Waals surface area (Å²) in [7, 11) is 0. The zero-order valence-corrected chi connectivity index (χ0v) is 10.6. The molecule has 0 saturated heterocycles. The molecule has 0 bridgehead atoms. The molecule has 0 aliphatic rings. The molecule has 0 aromatic heterocycles. The second kappa shape index (κ2) is 6.41. The third kappa shape index (κ3) is 8.52. The van der Waals surface area contributed by atoms with E-state index in [1.54, 1.807) is 0 Å². The maximum atomic E-state index is 6.05. The summed E-state index contributed by atoms with van der Waals surface area (Å²) in [5.74, 6) is 0. The molecule has 0 spiro atoms. The molecule has 86 valence electrons. The Morgan fingerprint density at radius 1 is 1.29 bits per heavy atom. The smallest absolute Gasteiger partial charge is 0.00558 e. The lowest BCUT2D eigenvalue weighted by Crippen LogP contribution is -2.33. The van der Waals surface area contributed by atoms with Gasteiger partial charge < -0.3 is 11.1 Å². The van der Waals surface area contributed by atoms with Gasteiger partial charge in [0.1, 0.15) is 0 Å². The maximum Gasteiger partial charge on any atom is 0.00558 e. The van der Waals surface area contributed by atoms with Gasteiger partial charge in [-0.05, 0) is 38.1 Å². The molecule has 14 heavy (non-hydrogen) atoms. The van der Waals surface area contributed by atoms with Crippen molar-refractivity contribution in [3.63, 3.8) is 0 Å². The summed E-state index contributed by atoms with van der Waals surface area (Å²) in [6, 6.07) is 0.961. The fourth-order valence-electron chi connectivity index (χ4n) is 1.55. The first kappa shape index (κ1) is 13.9. The van der Waals surface area contributed by atoms with Crippen LogP contribution < -0.4 is 11.1 Å². The number of hydrogen-bond donors (Lipinski definition) is 2. The molecule has 0 amide bonds. The van der Waals surface area contributed by atoms with Crippen LogP contribution in [0.25, 0.3) is 0 Å². The highest BCUT2D eigenvalue weighted by atomic mass is 14.9. The van der Waals surface area contributed by atoms with Gasteiger partial charge in [-0.25, -0.2) is 0 Å². The Balaban J connectivity index is 3.50. The summed E-state index contributed by atoms with van der Waals surface area (Å²) in [6.07, 6.45) is 3.38. The van der Waals surface area contributed by atoms with Gasteiger partial charge in [-0.2, -0.15) is 0 Å². The predicted molar refractivity (Wildman–Crippen MR) is 64.4 cm³/mol. The number of rotatable bonds is 6. The summed E-state index contributed by atoms with van der Waals surface area (Å²) in [5, 5.41) is 3.47. The maximum absolute atomic E-state index is 6.05. The largest absolute Gasteiger partial charge is 0.328 e. The molecular weight excluding hydrogens is 172 g/mol. The molecule has 0 aromatic carbocycles. The van der Waals surface area contributed by atoms with E-state index >= 15 is 0 Å². The second-order valence-electron chi connectivity index (χ2n) is 5.58. The minimum atomic E-state index is 0.339. The number of nitrogens with two attached hydrogens (primary N) is 1. The molecule has 0 aromatic rings. The summed E-state index contributed by atoms with van der Waals surface area (Å²) in [4.78, 5) is 0. The van der Waals surface area contributed by atoms with Crippen molar-refractivity contribution in [1.29, 1.82) is 0 Å². The van der Waals surface area contributed by atoms with Gasteiger partial charge in [-0.15, -0.1) is 0 Å². The Morgan fingerprint density at radius 3 is 2.29 bits per heavy atom. The summed E-state index contributed by atoms with van der Waals surface area (Å²) in [6.45, 7) is 12.2. The Kier molecular flexibility index (Phi) is 6.38. The van der Waals surface area contributed by atoms with Crippen LogP contribution in [0.1, 0.15) is 53.9 Å². The van der Waals surface area contributed by atoms with Crippen LogP contribution in [-0.4, -0.2) is 18.6 Å². The van der Waals surface area contributed by atoms with E-state index in [4.69, 9.17) is 5.73 Å². The Morgan fingerprint density at radius 2 is 1.86 bits per heavy atom. The van der Waals surface area contributed by atoms with Gasteiger partial charge in [-0.1, -0.05) is 27.7 Å². The van der Waals surface area contributed by atoms with E-state index < -0.39 is 0 Å². The minimum absolute atomic E-state index is 0.339. The molecule has 0 fully saturated rings. The van der Waals surface area contributed by atoms with Crippen molar-refractivity contribution in [2.45, 2.75) is 66.0 Å². The number of hydrogen-bond acceptors (Lipinski definition) is 2. The molecule has 0 saturated carbocycles.